The number of hydrogen-bond acceptors (Lipinski definition) is 5. The number of piperidine rings is 1. The molecule has 31 heavy (non-hydrogen) atoms. The van der Waals surface area contributed by atoms with Crippen molar-refractivity contribution in [1.82, 2.24) is 14.6 Å². The van der Waals surface area contributed by atoms with Crippen molar-refractivity contribution in [1.29, 1.82) is 0 Å². The van der Waals surface area contributed by atoms with Gasteiger partial charge in [0.2, 0.25) is 5.91 Å². The van der Waals surface area contributed by atoms with Gasteiger partial charge in [-0.15, -0.1) is 0 Å². The van der Waals surface area contributed by atoms with Gasteiger partial charge in [0.1, 0.15) is 5.82 Å². The Morgan fingerprint density at radius 2 is 1.90 bits per heavy atom. The molecule has 9 heteroatoms. The fraction of sp³-hybridized carbons (Fsp3) is 0.318. The number of anilines is 1. The van der Waals surface area contributed by atoms with Gasteiger partial charge in [-0.25, -0.2) is 0 Å². The number of nitrogens with zero attached hydrogens (tertiary/aromatic N) is 2. The monoisotopic (exact) mass is 476 g/mol. The van der Waals surface area contributed by atoms with Gasteiger partial charge in [-0.3, -0.25) is 9.59 Å². The number of rotatable bonds is 6. The maximum Gasteiger partial charge on any atom is 0.253 e. The van der Waals surface area contributed by atoms with E-state index in [0.717, 1.165) is 28.7 Å². The van der Waals surface area contributed by atoms with E-state index in [2.05, 4.69) is 15.0 Å². The van der Waals surface area contributed by atoms with Crippen molar-refractivity contribution in [2.45, 2.75) is 12.8 Å². The third-order valence-corrected chi connectivity index (χ3v) is 6.55. The van der Waals surface area contributed by atoms with Crippen LogP contribution in [-0.2, 0) is 4.79 Å². The van der Waals surface area contributed by atoms with Gasteiger partial charge >= 0.3 is 0 Å². The minimum Gasteiger partial charge on any atom is -0.367 e. The number of carbonyl (C=O) groups is 2. The van der Waals surface area contributed by atoms with E-state index < -0.39 is 0 Å². The molecule has 2 N–H and O–H groups in total. The molecule has 3 aromatic rings. The molecule has 1 saturated heterocycles. The van der Waals surface area contributed by atoms with Crippen LogP contribution in [0.5, 0.6) is 0 Å². The van der Waals surface area contributed by atoms with E-state index in [0.29, 0.717) is 41.8 Å². The molecule has 162 valence electrons. The van der Waals surface area contributed by atoms with Crippen molar-refractivity contribution in [2.24, 2.45) is 5.92 Å². The standard InChI is InChI=1S/C22H22Cl2N4O2S/c23-16-10-15(11-17(24)12-16)22(30)28-9-3-4-14(13-28)21(29)26-8-7-25-20-18-5-1-2-6-19(18)31-27-20/h1-2,5-6,10-12,14H,3-4,7-9,13H2,(H,25,27)(H,26,29). The third-order valence-electron chi connectivity index (χ3n) is 5.28. The number of likely N-dealkylation sites (tertiary alicyclic amines) is 1. The van der Waals surface area contributed by atoms with Gasteiger partial charge < -0.3 is 15.5 Å². The molecule has 2 aromatic carbocycles. The van der Waals surface area contributed by atoms with Crippen molar-refractivity contribution < 1.29 is 9.59 Å². The lowest BCUT2D eigenvalue weighted by atomic mass is 9.96. The molecule has 1 atom stereocenters. The van der Waals surface area contributed by atoms with Gasteiger partial charge in [-0.05, 0) is 54.7 Å². The number of aromatic nitrogens is 1. The smallest absolute Gasteiger partial charge is 0.253 e. The van der Waals surface area contributed by atoms with Crippen LogP contribution in [0.2, 0.25) is 10.0 Å². The molecule has 2 amide bonds. The molecule has 6 nitrogen and oxygen atoms in total. The maximum absolute atomic E-state index is 12.8. The van der Waals surface area contributed by atoms with Crippen molar-refractivity contribution in [2.75, 3.05) is 31.5 Å². The summed E-state index contributed by atoms with van der Waals surface area (Å²) in [4.78, 5) is 27.2. The molecule has 1 unspecified atom stereocenters. The fourth-order valence-electron chi connectivity index (χ4n) is 3.76. The summed E-state index contributed by atoms with van der Waals surface area (Å²) >= 11 is 13.5. The highest BCUT2D eigenvalue weighted by Gasteiger charge is 2.29. The summed E-state index contributed by atoms with van der Waals surface area (Å²) < 4.78 is 5.55. The zero-order chi connectivity index (χ0) is 21.8. The lowest BCUT2D eigenvalue weighted by Gasteiger charge is -2.32. The minimum atomic E-state index is -0.229. The molecular formula is C22H22Cl2N4O2S. The largest absolute Gasteiger partial charge is 0.367 e. The topological polar surface area (TPSA) is 74.3 Å². The number of amides is 2. The van der Waals surface area contributed by atoms with Gasteiger partial charge in [0.15, 0.2) is 0 Å². The van der Waals surface area contributed by atoms with Gasteiger partial charge in [-0.1, -0.05) is 35.3 Å². The Morgan fingerprint density at radius 1 is 1.13 bits per heavy atom. The van der Waals surface area contributed by atoms with Crippen molar-refractivity contribution in [3.63, 3.8) is 0 Å². The van der Waals surface area contributed by atoms with Crippen molar-refractivity contribution in [3.8, 4) is 0 Å². The van der Waals surface area contributed by atoms with Gasteiger partial charge in [0.25, 0.3) is 5.91 Å². The van der Waals surface area contributed by atoms with E-state index in [9.17, 15) is 9.59 Å². The third kappa shape index (κ3) is 5.29. The molecule has 0 bridgehead atoms. The molecule has 1 aromatic heterocycles. The summed E-state index contributed by atoms with van der Waals surface area (Å²) in [6.07, 6.45) is 1.54. The second kappa shape index (κ2) is 9.85. The van der Waals surface area contributed by atoms with E-state index in [1.165, 1.54) is 11.5 Å². The molecule has 1 aliphatic heterocycles. The first-order chi connectivity index (χ1) is 15.0. The molecule has 1 fully saturated rings. The number of nitrogens with one attached hydrogen (secondary N) is 2. The average molecular weight is 477 g/mol. The molecule has 0 saturated carbocycles. The first kappa shape index (κ1) is 21.9. The van der Waals surface area contributed by atoms with Crippen LogP contribution in [0.1, 0.15) is 23.2 Å². The van der Waals surface area contributed by atoms with E-state index in [-0.39, 0.29) is 17.7 Å². The summed E-state index contributed by atoms with van der Waals surface area (Å²) in [5.41, 5.74) is 0.443. The second-order valence-corrected chi connectivity index (χ2v) is 9.17. The van der Waals surface area contributed by atoms with Crippen LogP contribution in [-0.4, -0.2) is 47.3 Å². The second-order valence-electron chi connectivity index (χ2n) is 7.49. The molecule has 0 radical (unpaired) electrons. The summed E-state index contributed by atoms with van der Waals surface area (Å²) in [6, 6.07) is 12.8. The molecule has 4 rings (SSSR count). The highest BCUT2D eigenvalue weighted by atomic mass is 35.5. The van der Waals surface area contributed by atoms with Crippen LogP contribution < -0.4 is 10.6 Å². The lowest BCUT2D eigenvalue weighted by Crippen LogP contribution is -2.46. The molecular weight excluding hydrogens is 455 g/mol. The maximum atomic E-state index is 12.8. The predicted octanol–water partition coefficient (Wildman–Crippen LogP) is 4.68. The number of fused-ring (bicyclic) bond motifs is 1. The Balaban J connectivity index is 1.28. The van der Waals surface area contributed by atoms with Crippen molar-refractivity contribution in [3.05, 3.63) is 58.1 Å². The Labute approximate surface area is 194 Å². The molecule has 1 aliphatic rings. The van der Waals surface area contributed by atoms with E-state index >= 15 is 0 Å². The van der Waals surface area contributed by atoms with Crippen LogP contribution in [0.4, 0.5) is 5.82 Å². The number of carbonyl (C=O) groups excluding carboxylic acids is 2. The average Bonchev–Trinajstić information content (AvgIpc) is 3.18. The Morgan fingerprint density at radius 3 is 2.71 bits per heavy atom. The lowest BCUT2D eigenvalue weighted by molar-refractivity contribution is -0.126. The van der Waals surface area contributed by atoms with Gasteiger partial charge in [0, 0.05) is 47.2 Å². The highest BCUT2D eigenvalue weighted by Crippen LogP contribution is 2.26. The van der Waals surface area contributed by atoms with Crippen LogP contribution in [0.25, 0.3) is 10.1 Å². The Hall–Kier alpha value is -2.35. The highest BCUT2D eigenvalue weighted by molar-refractivity contribution is 7.13. The first-order valence-corrected chi connectivity index (χ1v) is 11.7. The SMILES string of the molecule is O=C(NCCNc1nsc2ccccc12)C1CCCN(C(=O)c2cc(Cl)cc(Cl)c2)C1. The Bertz CT molecular complexity index is 1080. The zero-order valence-electron chi connectivity index (χ0n) is 16.7. The summed E-state index contributed by atoms with van der Waals surface area (Å²) in [6.45, 7) is 2.07. The summed E-state index contributed by atoms with van der Waals surface area (Å²) in [7, 11) is 0. The number of benzene rings is 2. The molecule has 0 spiro atoms. The summed E-state index contributed by atoms with van der Waals surface area (Å²) in [5, 5.41) is 8.18. The van der Waals surface area contributed by atoms with E-state index in [1.54, 1.807) is 23.1 Å². The normalized spacial score (nSPS) is 16.3. The van der Waals surface area contributed by atoms with E-state index in [1.807, 2.05) is 24.3 Å². The summed E-state index contributed by atoms with van der Waals surface area (Å²) in [5.74, 6) is 0.419. The molecule has 0 aliphatic carbocycles. The Kier molecular flexibility index (Phi) is 6.95. The van der Waals surface area contributed by atoms with E-state index in [4.69, 9.17) is 23.2 Å². The number of halogens is 2. The quantitative estimate of drug-likeness (QED) is 0.506. The van der Waals surface area contributed by atoms with Crippen LogP contribution in [0.3, 0.4) is 0 Å². The first-order valence-electron chi connectivity index (χ1n) is 10.1. The predicted molar refractivity (Wildman–Crippen MR) is 126 cm³/mol. The molecule has 2 heterocycles. The zero-order valence-corrected chi connectivity index (χ0v) is 19.1. The van der Waals surface area contributed by atoms with Crippen molar-refractivity contribution >= 4 is 62.5 Å². The number of hydrogen-bond donors (Lipinski definition) is 2. The van der Waals surface area contributed by atoms with Crippen LogP contribution >= 0.6 is 34.7 Å². The van der Waals surface area contributed by atoms with Crippen LogP contribution in [0.15, 0.2) is 42.5 Å². The van der Waals surface area contributed by atoms with Gasteiger partial charge in [-0.2, -0.15) is 4.37 Å². The van der Waals surface area contributed by atoms with Crippen LogP contribution in [0, 0.1) is 5.92 Å². The minimum absolute atomic E-state index is 0.0356. The van der Waals surface area contributed by atoms with Gasteiger partial charge in [0.05, 0.1) is 10.6 Å². The fourth-order valence-corrected chi connectivity index (χ4v) is 5.04.